The molecule has 4 rings (SSSR count). The molecule has 1 aliphatic heterocycles. The number of nitrogens with zero attached hydrogens (tertiary/aromatic N) is 3. The van der Waals surface area contributed by atoms with Crippen molar-refractivity contribution in [3.05, 3.63) is 46.2 Å². The van der Waals surface area contributed by atoms with E-state index in [2.05, 4.69) is 27.8 Å². The minimum absolute atomic E-state index is 0.0933. The lowest BCUT2D eigenvalue weighted by Crippen LogP contribution is -2.44. The Bertz CT molecular complexity index is 828. The van der Waals surface area contributed by atoms with Crippen LogP contribution in [0.4, 0.5) is 0 Å². The fourth-order valence-corrected chi connectivity index (χ4v) is 4.14. The van der Waals surface area contributed by atoms with E-state index in [4.69, 9.17) is 4.63 Å². The van der Waals surface area contributed by atoms with Gasteiger partial charge in [-0.25, -0.2) is 4.63 Å². The van der Waals surface area contributed by atoms with Crippen LogP contribution < -0.4 is 0 Å². The molecule has 0 bridgehead atoms. The fraction of sp³-hybridized carbons (Fsp3) is 0.389. The second-order valence-corrected chi connectivity index (χ2v) is 7.27. The molecule has 1 amide bonds. The fourth-order valence-electron chi connectivity index (χ4n) is 3.41. The maximum absolute atomic E-state index is 13.0. The maximum Gasteiger partial charge on any atom is 0.254 e. The molecule has 0 spiro atoms. The third kappa shape index (κ3) is 3.06. The van der Waals surface area contributed by atoms with Crippen LogP contribution in [0.5, 0.6) is 0 Å². The van der Waals surface area contributed by atoms with Crippen LogP contribution >= 0.6 is 11.3 Å². The summed E-state index contributed by atoms with van der Waals surface area (Å²) in [6.07, 6.45) is 5.43. The van der Waals surface area contributed by atoms with Crippen molar-refractivity contribution < 1.29 is 9.42 Å². The SMILES string of the molecule is O=C(c1ccc2nonc2c1)N1CCCCC1CCc1cccs1. The number of fused-ring (bicyclic) bond motifs is 1. The van der Waals surface area contributed by atoms with Gasteiger partial charge in [0.25, 0.3) is 5.91 Å². The molecule has 2 aromatic heterocycles. The zero-order valence-electron chi connectivity index (χ0n) is 13.4. The number of likely N-dealkylation sites (tertiary alicyclic amines) is 1. The summed E-state index contributed by atoms with van der Waals surface area (Å²) in [6, 6.07) is 9.97. The van der Waals surface area contributed by atoms with Crippen LogP contribution in [0, 0.1) is 0 Å². The molecule has 1 atom stereocenters. The quantitative estimate of drug-likeness (QED) is 0.722. The lowest BCUT2D eigenvalue weighted by atomic mass is 9.96. The number of aryl methyl sites for hydroxylation is 1. The molecule has 3 heterocycles. The van der Waals surface area contributed by atoms with E-state index < -0.39 is 0 Å². The monoisotopic (exact) mass is 341 g/mol. The number of carbonyl (C=O) groups is 1. The Morgan fingerprint density at radius 2 is 2.17 bits per heavy atom. The number of benzene rings is 1. The van der Waals surface area contributed by atoms with Gasteiger partial charge in [0.15, 0.2) is 0 Å². The van der Waals surface area contributed by atoms with Gasteiger partial charge < -0.3 is 4.90 Å². The Morgan fingerprint density at radius 1 is 1.25 bits per heavy atom. The molecule has 0 aliphatic carbocycles. The van der Waals surface area contributed by atoms with Crippen molar-refractivity contribution in [2.45, 2.75) is 38.1 Å². The van der Waals surface area contributed by atoms with Gasteiger partial charge >= 0.3 is 0 Å². The molecule has 24 heavy (non-hydrogen) atoms. The van der Waals surface area contributed by atoms with Crippen molar-refractivity contribution in [3.8, 4) is 0 Å². The number of hydrogen-bond acceptors (Lipinski definition) is 5. The Morgan fingerprint density at radius 3 is 3.04 bits per heavy atom. The van der Waals surface area contributed by atoms with E-state index in [0.29, 0.717) is 22.6 Å². The first-order chi connectivity index (χ1) is 11.8. The van der Waals surface area contributed by atoms with Crippen molar-refractivity contribution in [2.24, 2.45) is 0 Å². The summed E-state index contributed by atoms with van der Waals surface area (Å²) < 4.78 is 4.72. The molecular formula is C18H19N3O2S. The van der Waals surface area contributed by atoms with Gasteiger partial charge in [-0.15, -0.1) is 11.3 Å². The second kappa shape index (κ2) is 6.73. The maximum atomic E-state index is 13.0. The van der Waals surface area contributed by atoms with Gasteiger partial charge in [0, 0.05) is 23.0 Å². The van der Waals surface area contributed by atoms with Crippen molar-refractivity contribution in [3.63, 3.8) is 0 Å². The number of piperidine rings is 1. The van der Waals surface area contributed by atoms with Crippen molar-refractivity contribution in [1.82, 2.24) is 15.2 Å². The molecule has 1 saturated heterocycles. The van der Waals surface area contributed by atoms with E-state index in [1.54, 1.807) is 23.5 Å². The summed E-state index contributed by atoms with van der Waals surface area (Å²) in [4.78, 5) is 16.4. The number of rotatable bonds is 4. The van der Waals surface area contributed by atoms with Gasteiger partial charge in [-0.1, -0.05) is 6.07 Å². The van der Waals surface area contributed by atoms with Crippen molar-refractivity contribution in [1.29, 1.82) is 0 Å². The predicted octanol–water partition coefficient (Wildman–Crippen LogP) is 3.91. The predicted molar refractivity (Wildman–Crippen MR) is 93.1 cm³/mol. The van der Waals surface area contributed by atoms with Crippen LogP contribution in [-0.4, -0.2) is 33.7 Å². The lowest BCUT2D eigenvalue weighted by Gasteiger charge is -2.36. The van der Waals surface area contributed by atoms with Gasteiger partial charge in [0.1, 0.15) is 11.0 Å². The van der Waals surface area contributed by atoms with Gasteiger partial charge in [-0.2, -0.15) is 0 Å². The summed E-state index contributed by atoms with van der Waals surface area (Å²) in [7, 11) is 0. The van der Waals surface area contributed by atoms with Crippen molar-refractivity contribution >= 4 is 28.3 Å². The minimum atomic E-state index is 0.0933. The number of carbonyl (C=O) groups excluding carboxylic acids is 1. The van der Waals surface area contributed by atoms with Gasteiger partial charge in [0.05, 0.1) is 0 Å². The highest BCUT2D eigenvalue weighted by atomic mass is 32.1. The van der Waals surface area contributed by atoms with Gasteiger partial charge in [0.2, 0.25) is 0 Å². The molecule has 3 aromatic rings. The van der Waals surface area contributed by atoms with E-state index in [-0.39, 0.29) is 5.91 Å². The first kappa shape index (κ1) is 15.3. The second-order valence-electron chi connectivity index (χ2n) is 6.23. The van der Waals surface area contributed by atoms with Gasteiger partial charge in [-0.3, -0.25) is 4.79 Å². The van der Waals surface area contributed by atoms with E-state index in [1.165, 1.54) is 11.3 Å². The molecule has 0 N–H and O–H groups in total. The zero-order chi connectivity index (χ0) is 16.4. The number of thiophene rings is 1. The third-order valence-corrected chi connectivity index (χ3v) is 5.63. The number of hydrogen-bond donors (Lipinski definition) is 0. The van der Waals surface area contributed by atoms with Crippen LogP contribution in [0.3, 0.4) is 0 Å². The summed E-state index contributed by atoms with van der Waals surface area (Å²) in [6.45, 7) is 0.836. The largest absolute Gasteiger partial charge is 0.336 e. The molecule has 0 radical (unpaired) electrons. The molecule has 1 aromatic carbocycles. The highest BCUT2D eigenvalue weighted by Gasteiger charge is 2.27. The summed E-state index contributed by atoms with van der Waals surface area (Å²) in [5.41, 5.74) is 1.98. The molecule has 1 fully saturated rings. The molecule has 5 nitrogen and oxygen atoms in total. The topological polar surface area (TPSA) is 59.2 Å². The average molecular weight is 341 g/mol. The Hall–Kier alpha value is -2.21. The minimum Gasteiger partial charge on any atom is -0.336 e. The molecular weight excluding hydrogens is 322 g/mol. The van der Waals surface area contributed by atoms with Gasteiger partial charge in [-0.05, 0) is 72.1 Å². The highest BCUT2D eigenvalue weighted by molar-refractivity contribution is 7.09. The average Bonchev–Trinajstić information content (AvgIpc) is 3.30. The van der Waals surface area contributed by atoms with E-state index in [1.807, 2.05) is 11.0 Å². The molecule has 0 saturated carbocycles. The standard InChI is InChI=1S/C18H19N3O2S/c22-18(13-6-9-16-17(12-13)20-23-19-16)21-10-2-1-4-14(21)7-8-15-5-3-11-24-15/h3,5-6,9,11-12,14H,1-2,4,7-8,10H2. The Labute approximate surface area is 144 Å². The highest BCUT2D eigenvalue weighted by Crippen LogP contribution is 2.25. The van der Waals surface area contributed by atoms with Crippen LogP contribution in [-0.2, 0) is 6.42 Å². The Kier molecular flexibility index (Phi) is 4.30. The van der Waals surface area contributed by atoms with Crippen LogP contribution in [0.1, 0.15) is 40.9 Å². The first-order valence-corrected chi connectivity index (χ1v) is 9.25. The van der Waals surface area contributed by atoms with Crippen LogP contribution in [0.25, 0.3) is 11.0 Å². The number of amides is 1. The van der Waals surface area contributed by atoms with E-state index >= 15 is 0 Å². The normalized spacial score (nSPS) is 18.2. The molecule has 6 heteroatoms. The lowest BCUT2D eigenvalue weighted by molar-refractivity contribution is 0.0602. The third-order valence-electron chi connectivity index (χ3n) is 4.69. The molecule has 1 aliphatic rings. The molecule has 124 valence electrons. The summed E-state index contributed by atoms with van der Waals surface area (Å²) in [5.74, 6) is 0.0933. The first-order valence-electron chi connectivity index (χ1n) is 8.37. The van der Waals surface area contributed by atoms with Crippen LogP contribution in [0.15, 0.2) is 40.3 Å². The molecule has 1 unspecified atom stereocenters. The van der Waals surface area contributed by atoms with E-state index in [0.717, 1.165) is 32.2 Å². The number of aromatic nitrogens is 2. The van der Waals surface area contributed by atoms with E-state index in [9.17, 15) is 4.79 Å². The van der Waals surface area contributed by atoms with Crippen LogP contribution in [0.2, 0.25) is 0 Å². The van der Waals surface area contributed by atoms with Crippen molar-refractivity contribution in [2.75, 3.05) is 6.54 Å². The summed E-state index contributed by atoms with van der Waals surface area (Å²) >= 11 is 1.79. The zero-order valence-corrected chi connectivity index (χ0v) is 14.2. The smallest absolute Gasteiger partial charge is 0.254 e. The Balaban J connectivity index is 1.51. The summed E-state index contributed by atoms with van der Waals surface area (Å²) in [5, 5.41) is 9.75.